The molecule has 0 saturated carbocycles. The summed E-state index contributed by atoms with van der Waals surface area (Å²) in [5, 5.41) is 4.75. The van der Waals surface area contributed by atoms with Crippen LogP contribution in [0.3, 0.4) is 0 Å². The molecule has 2 aromatic rings. The second kappa shape index (κ2) is 6.92. The zero-order chi connectivity index (χ0) is 15.4. The van der Waals surface area contributed by atoms with E-state index in [-0.39, 0.29) is 0 Å². The molecule has 0 radical (unpaired) electrons. The highest BCUT2D eigenvalue weighted by molar-refractivity contribution is 7.80. The molecule has 0 bridgehead atoms. The van der Waals surface area contributed by atoms with Crippen LogP contribution in [0.1, 0.15) is 16.7 Å². The van der Waals surface area contributed by atoms with E-state index in [4.69, 9.17) is 23.8 Å². The van der Waals surface area contributed by atoms with E-state index < -0.39 is 0 Å². The zero-order valence-electron chi connectivity index (χ0n) is 12.5. The van der Waals surface area contributed by atoms with Crippen LogP contribution in [0.25, 0.3) is 0 Å². The van der Waals surface area contributed by atoms with Crippen LogP contribution in [-0.2, 0) is 6.54 Å². The smallest absolute Gasteiger partial charge is 0.173 e. The molecule has 0 spiro atoms. The lowest BCUT2D eigenvalue weighted by Gasteiger charge is -2.22. The number of hydrogen-bond acceptors (Lipinski definition) is 1. The van der Waals surface area contributed by atoms with Crippen LogP contribution < -0.4 is 5.32 Å². The number of anilines is 1. The Balaban J connectivity index is 2.06. The SMILES string of the molecule is Cc1ccc(C)c(NC(=S)N(C)Cc2ccccc2Cl)c1. The molecule has 1 N–H and O–H groups in total. The van der Waals surface area contributed by atoms with Gasteiger partial charge in [0.2, 0.25) is 0 Å². The third-order valence-electron chi connectivity index (χ3n) is 3.35. The number of rotatable bonds is 3. The highest BCUT2D eigenvalue weighted by Crippen LogP contribution is 2.19. The molecule has 2 rings (SSSR count). The molecule has 21 heavy (non-hydrogen) atoms. The normalized spacial score (nSPS) is 10.3. The number of benzene rings is 2. The van der Waals surface area contributed by atoms with Gasteiger partial charge in [0.05, 0.1) is 0 Å². The standard InChI is InChI=1S/C17H19ClN2S/c1-12-8-9-13(2)16(10-12)19-17(21)20(3)11-14-6-4-5-7-15(14)18/h4-10H,11H2,1-3H3,(H,19,21). The summed E-state index contributed by atoms with van der Waals surface area (Å²) in [6.45, 7) is 4.82. The molecule has 0 saturated heterocycles. The van der Waals surface area contributed by atoms with Crippen molar-refractivity contribution < 1.29 is 0 Å². The van der Waals surface area contributed by atoms with E-state index in [1.165, 1.54) is 11.1 Å². The minimum absolute atomic E-state index is 0.677. The van der Waals surface area contributed by atoms with Crippen LogP contribution in [-0.4, -0.2) is 17.1 Å². The molecule has 2 aromatic carbocycles. The number of nitrogens with zero attached hydrogens (tertiary/aromatic N) is 1. The zero-order valence-corrected chi connectivity index (χ0v) is 14.1. The number of halogens is 1. The third kappa shape index (κ3) is 4.19. The minimum Gasteiger partial charge on any atom is -0.348 e. The molecule has 0 atom stereocenters. The highest BCUT2D eigenvalue weighted by Gasteiger charge is 2.09. The van der Waals surface area contributed by atoms with Gasteiger partial charge in [0, 0.05) is 24.3 Å². The van der Waals surface area contributed by atoms with E-state index in [9.17, 15) is 0 Å². The van der Waals surface area contributed by atoms with Crippen LogP contribution >= 0.6 is 23.8 Å². The largest absolute Gasteiger partial charge is 0.348 e. The number of thiocarbonyl (C=S) groups is 1. The van der Waals surface area contributed by atoms with Crippen molar-refractivity contribution in [3.8, 4) is 0 Å². The molecular formula is C17H19ClN2S. The van der Waals surface area contributed by atoms with Crippen molar-refractivity contribution in [1.82, 2.24) is 4.90 Å². The van der Waals surface area contributed by atoms with Crippen molar-refractivity contribution in [2.75, 3.05) is 12.4 Å². The van der Waals surface area contributed by atoms with Gasteiger partial charge in [0.25, 0.3) is 0 Å². The molecular weight excluding hydrogens is 300 g/mol. The van der Waals surface area contributed by atoms with Crippen LogP contribution in [0.15, 0.2) is 42.5 Å². The molecule has 0 aliphatic rings. The Morgan fingerprint density at radius 1 is 1.19 bits per heavy atom. The van der Waals surface area contributed by atoms with Gasteiger partial charge >= 0.3 is 0 Å². The third-order valence-corrected chi connectivity index (χ3v) is 4.13. The maximum absolute atomic E-state index is 6.19. The van der Waals surface area contributed by atoms with E-state index in [1.54, 1.807) is 0 Å². The van der Waals surface area contributed by atoms with E-state index in [2.05, 4.69) is 37.4 Å². The summed E-state index contributed by atoms with van der Waals surface area (Å²) >= 11 is 11.7. The molecule has 0 aliphatic heterocycles. The van der Waals surface area contributed by atoms with Crippen LogP contribution in [0, 0.1) is 13.8 Å². The second-order valence-electron chi connectivity index (χ2n) is 5.20. The summed E-state index contributed by atoms with van der Waals surface area (Å²) in [6.07, 6.45) is 0. The fraction of sp³-hybridized carbons (Fsp3) is 0.235. The summed E-state index contributed by atoms with van der Waals surface area (Å²) in [7, 11) is 1.96. The van der Waals surface area contributed by atoms with Crippen molar-refractivity contribution in [3.63, 3.8) is 0 Å². The first-order valence-corrected chi connectivity index (χ1v) is 7.59. The lowest BCUT2D eigenvalue weighted by molar-refractivity contribution is 0.508. The molecule has 110 valence electrons. The quantitative estimate of drug-likeness (QED) is 0.819. The van der Waals surface area contributed by atoms with Crippen molar-refractivity contribution >= 4 is 34.6 Å². The van der Waals surface area contributed by atoms with Gasteiger partial charge in [-0.25, -0.2) is 0 Å². The minimum atomic E-state index is 0.677. The first-order valence-electron chi connectivity index (χ1n) is 6.80. The van der Waals surface area contributed by atoms with Crippen LogP contribution in [0.5, 0.6) is 0 Å². The molecule has 4 heteroatoms. The van der Waals surface area contributed by atoms with Gasteiger partial charge in [0.15, 0.2) is 5.11 Å². The average Bonchev–Trinajstić information content (AvgIpc) is 2.45. The second-order valence-corrected chi connectivity index (χ2v) is 5.99. The fourth-order valence-electron chi connectivity index (χ4n) is 2.04. The number of hydrogen-bond donors (Lipinski definition) is 1. The monoisotopic (exact) mass is 318 g/mol. The Labute approximate surface area is 136 Å². The van der Waals surface area contributed by atoms with Gasteiger partial charge in [-0.2, -0.15) is 0 Å². The first kappa shape index (κ1) is 15.8. The summed E-state index contributed by atoms with van der Waals surface area (Å²) in [5.41, 5.74) is 4.49. The Hall–Kier alpha value is -1.58. The summed E-state index contributed by atoms with van der Waals surface area (Å²) < 4.78 is 0. The van der Waals surface area contributed by atoms with Crippen molar-refractivity contribution in [2.45, 2.75) is 20.4 Å². The average molecular weight is 319 g/mol. The van der Waals surface area contributed by atoms with E-state index in [0.29, 0.717) is 11.7 Å². The maximum atomic E-state index is 6.19. The molecule has 0 heterocycles. The molecule has 0 fully saturated rings. The highest BCUT2D eigenvalue weighted by atomic mass is 35.5. The van der Waals surface area contributed by atoms with Gasteiger partial charge in [-0.3, -0.25) is 0 Å². The van der Waals surface area contributed by atoms with Crippen molar-refractivity contribution in [1.29, 1.82) is 0 Å². The van der Waals surface area contributed by atoms with Crippen molar-refractivity contribution in [2.24, 2.45) is 0 Å². The Bertz CT molecular complexity index is 655. The predicted octanol–water partition coefficient (Wildman–Crippen LogP) is 4.79. The first-order chi connectivity index (χ1) is 9.97. The van der Waals surface area contributed by atoms with E-state index >= 15 is 0 Å². The molecule has 0 amide bonds. The number of nitrogens with one attached hydrogen (secondary N) is 1. The maximum Gasteiger partial charge on any atom is 0.173 e. The summed E-state index contributed by atoms with van der Waals surface area (Å²) in [4.78, 5) is 1.98. The Morgan fingerprint density at radius 2 is 1.90 bits per heavy atom. The Morgan fingerprint density at radius 3 is 2.62 bits per heavy atom. The number of aryl methyl sites for hydroxylation is 2. The predicted molar refractivity (Wildman–Crippen MR) is 95.1 cm³/mol. The van der Waals surface area contributed by atoms with Gasteiger partial charge < -0.3 is 10.2 Å². The van der Waals surface area contributed by atoms with Gasteiger partial charge in [-0.15, -0.1) is 0 Å². The van der Waals surface area contributed by atoms with Gasteiger partial charge in [-0.05, 0) is 54.9 Å². The van der Waals surface area contributed by atoms with Crippen LogP contribution in [0.2, 0.25) is 5.02 Å². The molecule has 0 aromatic heterocycles. The van der Waals surface area contributed by atoms with Gasteiger partial charge in [-0.1, -0.05) is 41.9 Å². The summed E-state index contributed by atoms with van der Waals surface area (Å²) in [6, 6.07) is 14.1. The molecule has 0 unspecified atom stereocenters. The van der Waals surface area contributed by atoms with Crippen molar-refractivity contribution in [3.05, 3.63) is 64.2 Å². The fourth-order valence-corrected chi connectivity index (χ4v) is 2.41. The van der Waals surface area contributed by atoms with E-state index in [0.717, 1.165) is 16.3 Å². The summed E-state index contributed by atoms with van der Waals surface area (Å²) in [5.74, 6) is 0. The van der Waals surface area contributed by atoms with Crippen LogP contribution in [0.4, 0.5) is 5.69 Å². The molecule has 0 aliphatic carbocycles. The van der Waals surface area contributed by atoms with E-state index in [1.807, 2.05) is 36.2 Å². The topological polar surface area (TPSA) is 15.3 Å². The van der Waals surface area contributed by atoms with Gasteiger partial charge in [0.1, 0.15) is 0 Å². The Kier molecular flexibility index (Phi) is 5.21. The lowest BCUT2D eigenvalue weighted by atomic mass is 10.1. The lowest BCUT2D eigenvalue weighted by Crippen LogP contribution is -2.30. The molecule has 2 nitrogen and oxygen atoms in total.